The third-order valence-electron chi connectivity index (χ3n) is 4.24. The van der Waals surface area contributed by atoms with Gasteiger partial charge in [0.2, 0.25) is 0 Å². The van der Waals surface area contributed by atoms with Crippen molar-refractivity contribution in [2.45, 2.75) is 39.0 Å². The van der Waals surface area contributed by atoms with Crippen LogP contribution in [0.2, 0.25) is 0 Å². The van der Waals surface area contributed by atoms with Gasteiger partial charge in [0.1, 0.15) is 0 Å². The molecule has 0 saturated carbocycles. The zero-order valence-electron chi connectivity index (χ0n) is 14.6. The highest BCUT2D eigenvalue weighted by Gasteiger charge is 2.09. The molecule has 0 radical (unpaired) electrons. The average Bonchev–Trinajstić information content (AvgIpc) is 3.09. The highest BCUT2D eigenvalue weighted by molar-refractivity contribution is 5.79. The Morgan fingerprint density at radius 2 is 1.87 bits per heavy atom. The minimum atomic E-state index is 0.908. The van der Waals surface area contributed by atoms with Crippen LogP contribution in [0.1, 0.15) is 38.2 Å². The molecule has 2 N–H and O–H groups in total. The number of rotatable bonds is 9. The predicted octanol–water partition coefficient (Wildman–Crippen LogP) is 2.66. The summed E-state index contributed by atoms with van der Waals surface area (Å²) in [6, 6.07) is 10.6. The van der Waals surface area contributed by atoms with Crippen molar-refractivity contribution in [3.63, 3.8) is 0 Å². The van der Waals surface area contributed by atoms with Crippen molar-refractivity contribution in [2.75, 3.05) is 39.3 Å². The molecule has 0 spiro atoms. The summed E-state index contributed by atoms with van der Waals surface area (Å²) >= 11 is 0. The summed E-state index contributed by atoms with van der Waals surface area (Å²) in [5.74, 6) is 0.949. The maximum absolute atomic E-state index is 4.68. The zero-order chi connectivity index (χ0) is 16.2. The Morgan fingerprint density at radius 1 is 1.09 bits per heavy atom. The Hall–Kier alpha value is -1.55. The molecule has 0 bridgehead atoms. The minimum Gasteiger partial charge on any atom is -0.357 e. The second kappa shape index (κ2) is 11.1. The maximum Gasteiger partial charge on any atom is 0.191 e. The fraction of sp³-hybridized carbons (Fsp3) is 0.632. The summed E-state index contributed by atoms with van der Waals surface area (Å²) in [4.78, 5) is 7.26. The summed E-state index contributed by atoms with van der Waals surface area (Å²) in [5, 5.41) is 6.76. The number of guanidine groups is 1. The molecule has 1 fully saturated rings. The number of likely N-dealkylation sites (tertiary alicyclic amines) is 1. The van der Waals surface area contributed by atoms with E-state index in [9.17, 15) is 0 Å². The Labute approximate surface area is 141 Å². The fourth-order valence-electron chi connectivity index (χ4n) is 2.96. The van der Waals surface area contributed by atoms with E-state index < -0.39 is 0 Å². The lowest BCUT2D eigenvalue weighted by molar-refractivity contribution is 0.331. The van der Waals surface area contributed by atoms with E-state index in [1.165, 1.54) is 50.9 Å². The molecule has 1 aliphatic rings. The Morgan fingerprint density at radius 3 is 2.61 bits per heavy atom. The van der Waals surface area contributed by atoms with Crippen molar-refractivity contribution < 1.29 is 0 Å². The summed E-state index contributed by atoms with van der Waals surface area (Å²) in [6.07, 6.45) is 6.22. The molecule has 1 aliphatic heterocycles. The first-order valence-electron chi connectivity index (χ1n) is 9.17. The third-order valence-corrected chi connectivity index (χ3v) is 4.24. The van der Waals surface area contributed by atoms with Crippen LogP contribution in [0.3, 0.4) is 0 Å². The van der Waals surface area contributed by atoms with Crippen molar-refractivity contribution in [1.29, 1.82) is 0 Å². The molecule has 1 aromatic carbocycles. The number of hydrogen-bond acceptors (Lipinski definition) is 2. The quantitative estimate of drug-likeness (QED) is 0.418. The fourth-order valence-corrected chi connectivity index (χ4v) is 2.96. The predicted molar refractivity (Wildman–Crippen MR) is 99.0 cm³/mol. The van der Waals surface area contributed by atoms with E-state index in [0.29, 0.717) is 0 Å². The number of aliphatic imine (C=N–C) groups is 1. The monoisotopic (exact) mass is 316 g/mol. The van der Waals surface area contributed by atoms with E-state index in [4.69, 9.17) is 0 Å². The van der Waals surface area contributed by atoms with E-state index in [1.54, 1.807) is 0 Å². The van der Waals surface area contributed by atoms with E-state index in [0.717, 1.165) is 32.0 Å². The van der Waals surface area contributed by atoms with Crippen LogP contribution in [-0.2, 0) is 6.42 Å². The molecule has 23 heavy (non-hydrogen) atoms. The molecule has 0 amide bonds. The molecule has 0 aromatic heterocycles. The van der Waals surface area contributed by atoms with Crippen LogP contribution in [-0.4, -0.2) is 50.1 Å². The van der Waals surface area contributed by atoms with Gasteiger partial charge in [0, 0.05) is 19.6 Å². The number of benzene rings is 1. The van der Waals surface area contributed by atoms with Gasteiger partial charge in [-0.2, -0.15) is 0 Å². The summed E-state index contributed by atoms with van der Waals surface area (Å²) < 4.78 is 0. The van der Waals surface area contributed by atoms with Crippen LogP contribution in [0.25, 0.3) is 0 Å². The highest BCUT2D eigenvalue weighted by Crippen LogP contribution is 2.08. The zero-order valence-corrected chi connectivity index (χ0v) is 14.6. The van der Waals surface area contributed by atoms with E-state index in [1.807, 2.05) is 0 Å². The maximum atomic E-state index is 4.68. The molecule has 1 saturated heterocycles. The molecule has 0 atom stereocenters. The molecule has 0 unspecified atom stereocenters. The normalized spacial score (nSPS) is 15.8. The number of nitrogens with one attached hydrogen (secondary N) is 2. The van der Waals surface area contributed by atoms with Crippen molar-refractivity contribution in [1.82, 2.24) is 15.5 Å². The summed E-state index contributed by atoms with van der Waals surface area (Å²) in [5.41, 5.74) is 1.36. The lowest BCUT2D eigenvalue weighted by Gasteiger charge is -2.14. The minimum absolute atomic E-state index is 0.908. The van der Waals surface area contributed by atoms with Gasteiger partial charge in [-0.05, 0) is 64.2 Å². The average molecular weight is 316 g/mol. The molecule has 1 heterocycles. The smallest absolute Gasteiger partial charge is 0.191 e. The van der Waals surface area contributed by atoms with E-state index >= 15 is 0 Å². The SMILES string of the molecule is CCNC(=NCCCCN1CCCC1)NCCc1ccccc1. The molecule has 4 heteroatoms. The number of nitrogens with zero attached hydrogens (tertiary/aromatic N) is 2. The molecule has 2 rings (SSSR count). The van der Waals surface area contributed by atoms with Crippen molar-refractivity contribution in [3.8, 4) is 0 Å². The van der Waals surface area contributed by atoms with Crippen LogP contribution in [0.5, 0.6) is 0 Å². The Kier molecular flexibility index (Phi) is 8.56. The van der Waals surface area contributed by atoms with Gasteiger partial charge in [0.25, 0.3) is 0 Å². The van der Waals surface area contributed by atoms with Crippen LogP contribution in [0, 0.1) is 0 Å². The Bertz CT molecular complexity index is 438. The molecule has 4 nitrogen and oxygen atoms in total. The molecule has 128 valence electrons. The van der Waals surface area contributed by atoms with Gasteiger partial charge in [-0.3, -0.25) is 4.99 Å². The van der Waals surface area contributed by atoms with Crippen LogP contribution >= 0.6 is 0 Å². The van der Waals surface area contributed by atoms with Gasteiger partial charge in [-0.25, -0.2) is 0 Å². The van der Waals surface area contributed by atoms with Crippen molar-refractivity contribution in [2.24, 2.45) is 4.99 Å². The first kappa shape index (κ1) is 17.8. The first-order valence-corrected chi connectivity index (χ1v) is 9.17. The Balaban J connectivity index is 1.61. The van der Waals surface area contributed by atoms with Crippen LogP contribution < -0.4 is 10.6 Å². The lowest BCUT2D eigenvalue weighted by Crippen LogP contribution is -2.38. The largest absolute Gasteiger partial charge is 0.357 e. The first-order chi connectivity index (χ1) is 11.4. The number of hydrogen-bond donors (Lipinski definition) is 2. The van der Waals surface area contributed by atoms with E-state index in [-0.39, 0.29) is 0 Å². The van der Waals surface area contributed by atoms with Crippen LogP contribution in [0.4, 0.5) is 0 Å². The lowest BCUT2D eigenvalue weighted by atomic mass is 10.1. The second-order valence-corrected chi connectivity index (χ2v) is 6.18. The third kappa shape index (κ3) is 7.51. The van der Waals surface area contributed by atoms with Gasteiger partial charge in [0.15, 0.2) is 5.96 Å². The standard InChI is InChI=1S/C19H32N4/c1-2-20-19(22-14-12-18-10-4-3-5-11-18)21-13-6-7-15-23-16-8-9-17-23/h3-5,10-11H,2,6-9,12-17H2,1H3,(H2,20,21,22). The van der Waals surface area contributed by atoms with Crippen molar-refractivity contribution in [3.05, 3.63) is 35.9 Å². The van der Waals surface area contributed by atoms with E-state index in [2.05, 4.69) is 57.8 Å². The molecule has 1 aromatic rings. The summed E-state index contributed by atoms with van der Waals surface area (Å²) in [7, 11) is 0. The van der Waals surface area contributed by atoms with Gasteiger partial charge in [0.05, 0.1) is 0 Å². The van der Waals surface area contributed by atoms with Crippen molar-refractivity contribution >= 4 is 5.96 Å². The van der Waals surface area contributed by atoms with Gasteiger partial charge >= 0.3 is 0 Å². The molecular formula is C19H32N4. The van der Waals surface area contributed by atoms with Gasteiger partial charge < -0.3 is 15.5 Å². The molecule has 0 aliphatic carbocycles. The number of unbranched alkanes of at least 4 members (excludes halogenated alkanes) is 1. The van der Waals surface area contributed by atoms with Gasteiger partial charge in [-0.15, -0.1) is 0 Å². The molecular weight excluding hydrogens is 284 g/mol. The topological polar surface area (TPSA) is 39.7 Å². The highest BCUT2D eigenvalue weighted by atomic mass is 15.2. The van der Waals surface area contributed by atoms with Gasteiger partial charge in [-0.1, -0.05) is 30.3 Å². The second-order valence-electron chi connectivity index (χ2n) is 6.18. The summed E-state index contributed by atoms with van der Waals surface area (Å²) in [6.45, 7) is 8.69. The van der Waals surface area contributed by atoms with Crippen LogP contribution in [0.15, 0.2) is 35.3 Å².